The summed E-state index contributed by atoms with van der Waals surface area (Å²) in [7, 11) is -0.427. The van der Waals surface area contributed by atoms with Gasteiger partial charge in [-0.1, -0.05) is 0 Å². The zero-order valence-electron chi connectivity index (χ0n) is 16.3. The molecule has 1 aliphatic rings. The summed E-state index contributed by atoms with van der Waals surface area (Å²) in [4.78, 5) is 42.7. The number of nitrogens with zero attached hydrogens (tertiary/aromatic N) is 2. The van der Waals surface area contributed by atoms with Crippen LogP contribution in [0.4, 0.5) is 0 Å². The largest absolute Gasteiger partial charge is 0.456 e. The van der Waals surface area contributed by atoms with Crippen molar-refractivity contribution in [2.45, 2.75) is 56.6 Å². The Morgan fingerprint density at radius 1 is 0.966 bits per heavy atom. The van der Waals surface area contributed by atoms with Gasteiger partial charge in [0.25, 0.3) is 0 Å². The van der Waals surface area contributed by atoms with Gasteiger partial charge in [-0.3, -0.25) is 18.6 Å². The van der Waals surface area contributed by atoms with Crippen LogP contribution in [0.25, 0.3) is 0 Å². The Balaban J connectivity index is 2.37. The zero-order chi connectivity index (χ0) is 21.6. The van der Waals surface area contributed by atoms with Crippen LogP contribution >= 0.6 is 0 Å². The van der Waals surface area contributed by atoms with Crippen molar-refractivity contribution in [3.05, 3.63) is 18.5 Å². The van der Waals surface area contributed by atoms with Gasteiger partial charge in [-0.15, -0.1) is 0 Å². The van der Waals surface area contributed by atoms with Crippen molar-refractivity contribution in [3.8, 4) is 0 Å². The molecule has 11 nitrogen and oxygen atoms in total. The number of rotatable bonds is 7. The third kappa shape index (κ3) is 6.27. The van der Waals surface area contributed by atoms with E-state index in [0.29, 0.717) is 0 Å². The van der Waals surface area contributed by atoms with E-state index in [1.165, 1.54) is 19.5 Å². The molecule has 1 saturated heterocycles. The third-order valence-electron chi connectivity index (χ3n) is 3.79. The summed E-state index contributed by atoms with van der Waals surface area (Å²) >= 11 is 0. The Bertz CT molecular complexity index is 761. The molecule has 0 saturated carbocycles. The van der Waals surface area contributed by atoms with Crippen LogP contribution in [0.5, 0.6) is 0 Å². The molecule has 1 aromatic heterocycles. The highest BCUT2D eigenvalue weighted by Crippen LogP contribution is 2.30. The molecule has 2 heterocycles. The normalized spacial score (nSPS) is 27.5. The Morgan fingerprint density at radius 3 is 2.00 bits per heavy atom. The average Bonchev–Trinajstić information content (AvgIpc) is 2.65. The Morgan fingerprint density at radius 2 is 1.48 bits per heavy atom. The van der Waals surface area contributed by atoms with Crippen molar-refractivity contribution in [1.82, 2.24) is 9.97 Å². The topological polar surface area (TPSA) is 140 Å². The quantitative estimate of drug-likeness (QED) is 0.321. The predicted octanol–water partition coefficient (Wildman–Crippen LogP) is -0.249. The van der Waals surface area contributed by atoms with E-state index < -0.39 is 59.4 Å². The lowest BCUT2D eigenvalue weighted by molar-refractivity contribution is -0.294. The molecule has 1 aromatic rings. The third-order valence-corrected chi connectivity index (χ3v) is 5.04. The predicted molar refractivity (Wildman–Crippen MR) is 95.6 cm³/mol. The summed E-state index contributed by atoms with van der Waals surface area (Å²) in [6, 6.07) is 1.57. The Labute approximate surface area is 169 Å². The van der Waals surface area contributed by atoms with Gasteiger partial charge in [0.1, 0.15) is 6.10 Å². The molecular formula is C17H22N2O9S. The number of carbonyl (C=O) groups is 3. The van der Waals surface area contributed by atoms with E-state index in [9.17, 15) is 18.6 Å². The number of hydrogen-bond donors (Lipinski definition) is 0. The van der Waals surface area contributed by atoms with Gasteiger partial charge < -0.3 is 23.7 Å². The van der Waals surface area contributed by atoms with E-state index in [-0.39, 0.29) is 10.9 Å². The number of methoxy groups -OCH3 is 1. The Hall–Kier alpha value is -2.44. The molecule has 0 radical (unpaired) electrons. The molecule has 1 fully saturated rings. The molecule has 0 aromatic carbocycles. The maximum Gasteiger partial charge on any atom is 0.303 e. The van der Waals surface area contributed by atoms with E-state index in [4.69, 9.17) is 23.7 Å². The molecule has 6 atom stereocenters. The summed E-state index contributed by atoms with van der Waals surface area (Å²) in [5, 5.41) is 0.0535. The second-order valence-electron chi connectivity index (χ2n) is 6.04. The van der Waals surface area contributed by atoms with Crippen molar-refractivity contribution < 1.29 is 42.3 Å². The zero-order valence-corrected chi connectivity index (χ0v) is 17.1. The molecule has 1 aliphatic heterocycles. The molecule has 29 heavy (non-hydrogen) atoms. The van der Waals surface area contributed by atoms with Crippen molar-refractivity contribution in [3.63, 3.8) is 0 Å². The van der Waals surface area contributed by atoms with Crippen LogP contribution in [0.1, 0.15) is 20.8 Å². The molecule has 2 rings (SSSR count). The highest BCUT2D eigenvalue weighted by atomic mass is 32.2. The van der Waals surface area contributed by atoms with Crippen LogP contribution in [0.2, 0.25) is 0 Å². The first kappa shape index (κ1) is 22.8. The molecule has 12 heteroatoms. The highest BCUT2D eigenvalue weighted by Gasteiger charge is 2.52. The van der Waals surface area contributed by atoms with Crippen molar-refractivity contribution in [2.75, 3.05) is 12.9 Å². The van der Waals surface area contributed by atoms with Crippen LogP contribution in [-0.4, -0.2) is 75.7 Å². The highest BCUT2D eigenvalue weighted by molar-refractivity contribution is 7.84. The van der Waals surface area contributed by atoms with Crippen LogP contribution < -0.4 is 0 Å². The molecule has 0 amide bonds. The SMILES string of the molecule is CO[C@H]1O[C@H](CS(=O)c2ncccn2)[C@@H](OC(C)=O)[C@H](OC(C)=O)[C@H]1OC(C)=O. The number of esters is 3. The van der Waals surface area contributed by atoms with E-state index in [1.807, 2.05) is 0 Å². The first-order chi connectivity index (χ1) is 13.7. The van der Waals surface area contributed by atoms with Crippen molar-refractivity contribution in [2.24, 2.45) is 0 Å². The van der Waals surface area contributed by atoms with Gasteiger partial charge >= 0.3 is 17.9 Å². The van der Waals surface area contributed by atoms with Gasteiger partial charge in [-0.2, -0.15) is 0 Å². The average molecular weight is 430 g/mol. The summed E-state index contributed by atoms with van der Waals surface area (Å²) in [5.74, 6) is -2.27. The van der Waals surface area contributed by atoms with Gasteiger partial charge in [0.05, 0.1) is 16.6 Å². The van der Waals surface area contributed by atoms with Crippen LogP contribution in [0, 0.1) is 0 Å². The van der Waals surface area contributed by atoms with Crippen molar-refractivity contribution >= 4 is 28.7 Å². The lowest BCUT2D eigenvalue weighted by Gasteiger charge is -2.43. The molecule has 0 aliphatic carbocycles. The number of carbonyl (C=O) groups excluding carboxylic acids is 3. The first-order valence-corrected chi connectivity index (χ1v) is 9.90. The van der Waals surface area contributed by atoms with Gasteiger partial charge in [0.15, 0.2) is 24.6 Å². The minimum Gasteiger partial charge on any atom is -0.456 e. The molecule has 1 unspecified atom stereocenters. The Kier molecular flexibility index (Phi) is 8.17. The molecular weight excluding hydrogens is 408 g/mol. The fourth-order valence-electron chi connectivity index (χ4n) is 2.81. The van der Waals surface area contributed by atoms with Crippen molar-refractivity contribution in [1.29, 1.82) is 0 Å². The molecule has 160 valence electrons. The summed E-state index contributed by atoms with van der Waals surface area (Å²) in [6.45, 7) is 3.46. The van der Waals surface area contributed by atoms with Gasteiger partial charge in [0, 0.05) is 40.3 Å². The van der Waals surface area contributed by atoms with Gasteiger partial charge in [-0.05, 0) is 6.07 Å². The molecule has 0 N–H and O–H groups in total. The maximum absolute atomic E-state index is 12.7. The van der Waals surface area contributed by atoms with Gasteiger partial charge in [0.2, 0.25) is 5.16 Å². The number of hydrogen-bond acceptors (Lipinski definition) is 11. The summed E-state index contributed by atoms with van der Waals surface area (Å²) < 4.78 is 39.4. The second kappa shape index (κ2) is 10.4. The first-order valence-electron chi connectivity index (χ1n) is 8.58. The van der Waals surface area contributed by atoms with E-state index in [2.05, 4.69) is 9.97 Å². The fraction of sp³-hybridized carbons (Fsp3) is 0.588. The molecule has 0 spiro atoms. The molecule has 0 bridgehead atoms. The maximum atomic E-state index is 12.7. The smallest absolute Gasteiger partial charge is 0.303 e. The number of ether oxygens (including phenoxy) is 5. The minimum absolute atomic E-state index is 0.0535. The van der Waals surface area contributed by atoms with Crippen LogP contribution in [0.3, 0.4) is 0 Å². The number of aromatic nitrogens is 2. The fourth-order valence-corrected chi connectivity index (χ4v) is 3.88. The summed E-state index contributed by atoms with van der Waals surface area (Å²) in [5.41, 5.74) is 0. The minimum atomic E-state index is -1.73. The standard InChI is InChI=1S/C17H22N2O9S/c1-9(20)25-13-12(8-29(23)17-18-6-5-7-19-17)28-16(24-4)15(27-11(3)22)14(13)26-10(2)21/h5-7,12-16H,8H2,1-4H3/t12-,13-,14+,15-,16+,29?/m1/s1. The van der Waals surface area contributed by atoms with E-state index >= 15 is 0 Å². The monoisotopic (exact) mass is 430 g/mol. The van der Waals surface area contributed by atoms with Crippen LogP contribution in [-0.2, 0) is 48.9 Å². The summed E-state index contributed by atoms with van der Waals surface area (Å²) in [6.07, 6.45) is -2.97. The lowest BCUT2D eigenvalue weighted by atomic mass is 9.98. The van der Waals surface area contributed by atoms with Crippen LogP contribution in [0.15, 0.2) is 23.6 Å². The van der Waals surface area contributed by atoms with Gasteiger partial charge in [-0.25, -0.2) is 9.97 Å². The lowest BCUT2D eigenvalue weighted by Crippen LogP contribution is -2.62. The second-order valence-corrected chi connectivity index (χ2v) is 7.43. The van der Waals surface area contributed by atoms with E-state index in [0.717, 1.165) is 20.8 Å². The van der Waals surface area contributed by atoms with E-state index in [1.54, 1.807) is 6.07 Å².